The van der Waals surface area contributed by atoms with Gasteiger partial charge in [-0.25, -0.2) is 4.39 Å². The number of hydrogen-bond donors (Lipinski definition) is 2. The smallest absolute Gasteiger partial charge is 0.256 e. The number of hydrogen-bond acceptors (Lipinski definition) is 6. The van der Waals surface area contributed by atoms with Crippen LogP contribution >= 0.6 is 0 Å². The number of carbonyl (C=O) groups is 1. The van der Waals surface area contributed by atoms with E-state index in [1.807, 2.05) is 45.9 Å². The molecular formula is C31H32FN5O3. The highest BCUT2D eigenvalue weighted by molar-refractivity contribution is 6.02. The first kappa shape index (κ1) is 25.0. The van der Waals surface area contributed by atoms with Crippen molar-refractivity contribution in [3.05, 3.63) is 70.3 Å². The van der Waals surface area contributed by atoms with E-state index >= 15 is 4.39 Å². The lowest BCUT2D eigenvalue weighted by molar-refractivity contribution is 0.0949. The second kappa shape index (κ2) is 9.60. The molecule has 4 aromatic rings. The summed E-state index contributed by atoms with van der Waals surface area (Å²) in [4.78, 5) is 31.3. The number of nitrogens with one attached hydrogen (secondary N) is 1. The summed E-state index contributed by atoms with van der Waals surface area (Å²) in [6, 6.07) is 13.4. The van der Waals surface area contributed by atoms with Crippen molar-refractivity contribution in [1.29, 1.82) is 0 Å². The number of anilines is 1. The maximum absolute atomic E-state index is 15.8. The molecule has 0 bridgehead atoms. The van der Waals surface area contributed by atoms with E-state index in [2.05, 4.69) is 17.3 Å². The van der Waals surface area contributed by atoms with Crippen molar-refractivity contribution < 1.29 is 13.9 Å². The number of carbonyl (C=O) groups excluding carboxylic acids is 1. The number of fused-ring (bicyclic) bond motifs is 3. The van der Waals surface area contributed by atoms with Gasteiger partial charge in [0.2, 0.25) is 5.43 Å². The number of likely N-dealkylation sites (tertiary alicyclic amines) is 1. The molecule has 9 heteroatoms. The SMILES string of the molecule is CN1CCCC1CCNC(=O)c1cn2c3c(c(N4CCC(N)C4)c(F)cc3c1=O)Oc1cc3ccccc3cc1-2. The summed E-state index contributed by atoms with van der Waals surface area (Å²) in [6.07, 6.45) is 5.39. The molecule has 0 radical (unpaired) electrons. The summed E-state index contributed by atoms with van der Waals surface area (Å²) in [5.74, 6) is -0.213. The van der Waals surface area contributed by atoms with Crippen LogP contribution in [0, 0.1) is 5.82 Å². The number of nitrogens with two attached hydrogens (primary N) is 1. The number of amides is 1. The van der Waals surface area contributed by atoms with Gasteiger partial charge in [0.25, 0.3) is 5.91 Å². The van der Waals surface area contributed by atoms with Crippen LogP contribution in [0.1, 0.15) is 36.0 Å². The molecule has 3 aliphatic heterocycles. The Kier molecular flexibility index (Phi) is 6.01. The molecule has 206 valence electrons. The monoisotopic (exact) mass is 541 g/mol. The first-order valence-corrected chi connectivity index (χ1v) is 14.0. The molecule has 1 amide bonds. The fourth-order valence-electron chi connectivity index (χ4n) is 6.53. The zero-order valence-electron chi connectivity index (χ0n) is 22.5. The van der Waals surface area contributed by atoms with Gasteiger partial charge in [0, 0.05) is 37.9 Å². The third-order valence-electron chi connectivity index (χ3n) is 8.69. The number of rotatable bonds is 5. The number of nitrogens with zero attached hydrogens (tertiary/aromatic N) is 3. The van der Waals surface area contributed by atoms with Gasteiger partial charge >= 0.3 is 0 Å². The van der Waals surface area contributed by atoms with Gasteiger partial charge in [-0.05, 0) is 68.2 Å². The Balaban J connectivity index is 1.38. The van der Waals surface area contributed by atoms with Crippen molar-refractivity contribution in [2.75, 3.05) is 38.1 Å². The number of aromatic nitrogens is 1. The molecule has 2 fully saturated rings. The molecule has 0 saturated carbocycles. The van der Waals surface area contributed by atoms with E-state index in [1.165, 1.54) is 6.07 Å². The summed E-state index contributed by atoms with van der Waals surface area (Å²) in [5, 5.41) is 5.01. The Labute approximate surface area is 231 Å². The number of halogens is 1. The van der Waals surface area contributed by atoms with Crippen molar-refractivity contribution in [3.8, 4) is 17.2 Å². The zero-order valence-corrected chi connectivity index (χ0v) is 22.5. The van der Waals surface area contributed by atoms with Crippen LogP contribution in [0.4, 0.5) is 10.1 Å². The first-order valence-electron chi connectivity index (χ1n) is 14.0. The average Bonchev–Trinajstić information content (AvgIpc) is 3.56. The fraction of sp³-hybridized carbons (Fsp3) is 0.355. The Morgan fingerprint density at radius 3 is 2.67 bits per heavy atom. The molecule has 40 heavy (non-hydrogen) atoms. The van der Waals surface area contributed by atoms with Crippen LogP contribution in [0.5, 0.6) is 11.5 Å². The van der Waals surface area contributed by atoms with Crippen molar-refractivity contribution in [1.82, 2.24) is 14.8 Å². The molecule has 0 aliphatic carbocycles. The normalized spacial score (nSPS) is 20.2. The second-order valence-corrected chi connectivity index (χ2v) is 11.3. The van der Waals surface area contributed by atoms with Gasteiger partial charge in [0.15, 0.2) is 17.3 Å². The van der Waals surface area contributed by atoms with Crippen LogP contribution in [0.15, 0.2) is 53.5 Å². The Bertz CT molecular complexity index is 1730. The quantitative estimate of drug-likeness (QED) is 0.348. The van der Waals surface area contributed by atoms with Crippen LogP contribution in [-0.2, 0) is 0 Å². The summed E-state index contributed by atoms with van der Waals surface area (Å²) >= 11 is 0. The molecule has 2 unspecified atom stereocenters. The van der Waals surface area contributed by atoms with E-state index < -0.39 is 17.2 Å². The Morgan fingerprint density at radius 1 is 1.15 bits per heavy atom. The lowest BCUT2D eigenvalue weighted by Gasteiger charge is -2.29. The zero-order chi connectivity index (χ0) is 27.5. The third kappa shape index (κ3) is 4.03. The van der Waals surface area contributed by atoms with E-state index in [4.69, 9.17) is 10.5 Å². The average molecular weight is 542 g/mol. The predicted octanol–water partition coefficient (Wildman–Crippen LogP) is 4.14. The molecule has 3 aromatic carbocycles. The molecule has 8 nitrogen and oxygen atoms in total. The molecule has 1 aromatic heterocycles. The number of ether oxygens (including phenoxy) is 1. The van der Waals surface area contributed by atoms with Crippen molar-refractivity contribution >= 4 is 33.3 Å². The number of pyridine rings is 1. The molecule has 7 rings (SSSR count). The molecule has 4 heterocycles. The van der Waals surface area contributed by atoms with Gasteiger partial charge < -0.3 is 30.2 Å². The summed E-state index contributed by atoms with van der Waals surface area (Å²) < 4.78 is 24.1. The topological polar surface area (TPSA) is 92.8 Å². The lowest BCUT2D eigenvalue weighted by atomic mass is 10.0. The van der Waals surface area contributed by atoms with Crippen LogP contribution < -0.4 is 26.1 Å². The highest BCUT2D eigenvalue weighted by atomic mass is 19.1. The minimum atomic E-state index is -0.564. The number of benzene rings is 3. The van der Waals surface area contributed by atoms with E-state index in [0.29, 0.717) is 48.3 Å². The Hall–Kier alpha value is -3.95. The van der Waals surface area contributed by atoms with E-state index in [0.717, 1.165) is 43.0 Å². The highest BCUT2D eigenvalue weighted by Crippen LogP contribution is 2.48. The van der Waals surface area contributed by atoms with Gasteiger partial charge in [-0.2, -0.15) is 0 Å². The van der Waals surface area contributed by atoms with Crippen molar-refractivity contribution in [2.24, 2.45) is 5.73 Å². The van der Waals surface area contributed by atoms with Crippen LogP contribution in [0.3, 0.4) is 0 Å². The van der Waals surface area contributed by atoms with Crippen molar-refractivity contribution in [3.63, 3.8) is 0 Å². The molecule has 2 atom stereocenters. The third-order valence-corrected chi connectivity index (χ3v) is 8.69. The first-order chi connectivity index (χ1) is 19.4. The highest BCUT2D eigenvalue weighted by Gasteiger charge is 2.33. The predicted molar refractivity (Wildman–Crippen MR) is 154 cm³/mol. The van der Waals surface area contributed by atoms with E-state index in [9.17, 15) is 9.59 Å². The van der Waals surface area contributed by atoms with Gasteiger partial charge in [-0.1, -0.05) is 24.3 Å². The van der Waals surface area contributed by atoms with Gasteiger partial charge in [0.1, 0.15) is 16.8 Å². The molecule has 3 N–H and O–H groups in total. The maximum Gasteiger partial charge on any atom is 0.256 e. The largest absolute Gasteiger partial charge is 0.451 e. The summed E-state index contributed by atoms with van der Waals surface area (Å²) in [7, 11) is 2.10. The molecule has 2 saturated heterocycles. The second-order valence-electron chi connectivity index (χ2n) is 11.3. The van der Waals surface area contributed by atoms with Gasteiger partial charge in [-0.3, -0.25) is 9.59 Å². The minimum absolute atomic E-state index is 0.0189. The van der Waals surface area contributed by atoms with Crippen molar-refractivity contribution in [2.45, 2.75) is 37.8 Å². The lowest BCUT2D eigenvalue weighted by Crippen LogP contribution is -2.34. The standard InChI is InChI=1S/C31H32FN5O3/c1-35-11-4-7-21(35)8-10-34-31(39)23-17-37-25-13-18-5-2-3-6-19(18)14-26(25)40-30-27(37)22(29(23)38)15-24(32)28(30)36-12-9-20(33)16-36/h2-3,5-6,13-15,17,20-21H,4,7-12,16,33H2,1H3,(H,34,39). The summed E-state index contributed by atoms with van der Waals surface area (Å²) in [6.45, 7) is 2.60. The van der Waals surface area contributed by atoms with E-state index in [-0.39, 0.29) is 22.7 Å². The maximum atomic E-state index is 15.8. The summed E-state index contributed by atoms with van der Waals surface area (Å²) in [5.41, 5.74) is 7.06. The Morgan fingerprint density at radius 2 is 1.95 bits per heavy atom. The van der Waals surface area contributed by atoms with Crippen LogP contribution in [0.25, 0.3) is 27.4 Å². The molecular weight excluding hydrogens is 509 g/mol. The van der Waals surface area contributed by atoms with E-state index in [1.54, 1.807) is 6.20 Å². The minimum Gasteiger partial charge on any atom is -0.451 e. The fourth-order valence-corrected chi connectivity index (χ4v) is 6.53. The van der Waals surface area contributed by atoms with Crippen LogP contribution in [-0.4, -0.2) is 60.7 Å². The van der Waals surface area contributed by atoms with Crippen LogP contribution in [0.2, 0.25) is 0 Å². The van der Waals surface area contributed by atoms with Gasteiger partial charge in [0.05, 0.1) is 11.1 Å². The van der Waals surface area contributed by atoms with Gasteiger partial charge in [-0.15, -0.1) is 0 Å². The molecule has 3 aliphatic rings. The molecule has 0 spiro atoms.